The van der Waals surface area contributed by atoms with E-state index in [1.54, 1.807) is 0 Å². The molecule has 0 aromatic carbocycles. The van der Waals surface area contributed by atoms with E-state index in [-0.39, 0.29) is 6.42 Å². The highest BCUT2D eigenvalue weighted by Gasteiger charge is 1.92. The summed E-state index contributed by atoms with van der Waals surface area (Å²) < 4.78 is 0. The maximum atomic E-state index is 9.97. The molecule has 3 heteroatoms. The summed E-state index contributed by atoms with van der Waals surface area (Å²) in [6, 6.07) is 0. The Morgan fingerprint density at radius 1 is 1.50 bits per heavy atom. The van der Waals surface area contributed by atoms with E-state index in [0.717, 1.165) is 0 Å². The van der Waals surface area contributed by atoms with Crippen molar-refractivity contribution < 1.29 is 9.90 Å². The molecule has 0 spiro atoms. The molecule has 0 aliphatic rings. The van der Waals surface area contributed by atoms with Gasteiger partial charge in [-0.1, -0.05) is 21.9 Å². The molecule has 0 aromatic heterocycles. The van der Waals surface area contributed by atoms with Gasteiger partial charge in [0.2, 0.25) is 0 Å². The first-order valence-electron chi connectivity index (χ1n) is 3.01. The van der Waals surface area contributed by atoms with Gasteiger partial charge in [0.05, 0.1) is 5.33 Å². The van der Waals surface area contributed by atoms with E-state index in [1.807, 2.05) is 0 Å². The molecular formula is C7H9BrO2. The molecule has 56 valence electrons. The lowest BCUT2D eigenvalue weighted by Crippen LogP contribution is -1.92. The van der Waals surface area contributed by atoms with Gasteiger partial charge in [0.25, 0.3) is 0 Å². The van der Waals surface area contributed by atoms with E-state index < -0.39 is 5.97 Å². The third-order valence-corrected chi connectivity index (χ3v) is 1.16. The fourth-order valence-corrected chi connectivity index (χ4v) is 0.662. The molecule has 0 radical (unpaired) electrons. The Morgan fingerprint density at radius 2 is 2.20 bits per heavy atom. The average molecular weight is 205 g/mol. The summed E-state index contributed by atoms with van der Waals surface area (Å²) in [6.45, 7) is 0. The Bertz CT molecular complexity index is 155. The highest BCUT2D eigenvalue weighted by atomic mass is 79.9. The highest BCUT2D eigenvalue weighted by Crippen LogP contribution is 1.92. The lowest BCUT2D eigenvalue weighted by atomic mass is 10.2. The van der Waals surface area contributed by atoms with Crippen molar-refractivity contribution in [2.24, 2.45) is 0 Å². The number of alkyl halides is 1. The summed E-state index contributed by atoms with van der Waals surface area (Å²) in [5, 5.41) is 8.88. The lowest BCUT2D eigenvalue weighted by molar-refractivity contribution is -0.137. The van der Waals surface area contributed by atoms with Crippen molar-refractivity contribution in [1.82, 2.24) is 0 Å². The van der Waals surface area contributed by atoms with Gasteiger partial charge in [-0.05, 0) is 6.42 Å². The third kappa shape index (κ3) is 7.51. The van der Waals surface area contributed by atoms with Crippen LogP contribution in [0.25, 0.3) is 0 Å². The van der Waals surface area contributed by atoms with Gasteiger partial charge in [-0.2, -0.15) is 0 Å². The zero-order valence-corrected chi connectivity index (χ0v) is 7.15. The quantitative estimate of drug-likeness (QED) is 0.432. The molecule has 0 saturated heterocycles. The van der Waals surface area contributed by atoms with Crippen LogP contribution in [0.2, 0.25) is 0 Å². The van der Waals surface area contributed by atoms with Crippen molar-refractivity contribution in [3.8, 4) is 11.8 Å². The second-order valence-corrected chi connectivity index (χ2v) is 2.30. The van der Waals surface area contributed by atoms with Crippen LogP contribution in [-0.4, -0.2) is 16.4 Å². The van der Waals surface area contributed by atoms with Gasteiger partial charge in [-0.3, -0.25) is 4.79 Å². The monoisotopic (exact) mass is 204 g/mol. The molecule has 10 heavy (non-hydrogen) atoms. The van der Waals surface area contributed by atoms with Crippen LogP contribution in [-0.2, 0) is 4.79 Å². The molecule has 0 aliphatic heterocycles. The van der Waals surface area contributed by atoms with Crippen LogP contribution in [0, 0.1) is 11.8 Å². The van der Waals surface area contributed by atoms with Crippen molar-refractivity contribution >= 4 is 21.9 Å². The first-order chi connectivity index (χ1) is 4.77. The number of halogens is 1. The summed E-state index contributed by atoms with van der Waals surface area (Å²) in [7, 11) is 0. The zero-order chi connectivity index (χ0) is 7.82. The molecule has 0 fully saturated rings. The number of unbranched alkanes of at least 4 members (excludes halogenated alkanes) is 1. The van der Waals surface area contributed by atoms with Crippen LogP contribution in [0.5, 0.6) is 0 Å². The molecule has 0 heterocycles. The normalized spacial score (nSPS) is 8.10. The second kappa shape index (κ2) is 6.63. The minimum atomic E-state index is -0.749. The number of carbonyl (C=O) groups is 1. The smallest absolute Gasteiger partial charge is 0.303 e. The topological polar surface area (TPSA) is 37.3 Å². The largest absolute Gasteiger partial charge is 0.481 e. The van der Waals surface area contributed by atoms with Crippen LogP contribution in [0.4, 0.5) is 0 Å². The molecule has 0 saturated carbocycles. The average Bonchev–Trinajstić information content (AvgIpc) is 1.87. The Hall–Kier alpha value is -0.490. The predicted octanol–water partition coefficient (Wildman–Crippen LogP) is 1.64. The number of aliphatic carboxylic acids is 1. The third-order valence-electron chi connectivity index (χ3n) is 0.884. The van der Waals surface area contributed by atoms with Gasteiger partial charge in [-0.25, -0.2) is 0 Å². The van der Waals surface area contributed by atoms with Crippen molar-refractivity contribution in [2.45, 2.75) is 19.3 Å². The Labute approximate surface area is 68.8 Å². The summed E-state index contributed by atoms with van der Waals surface area (Å²) in [5.74, 6) is 4.88. The Morgan fingerprint density at radius 3 is 2.70 bits per heavy atom. The van der Waals surface area contributed by atoms with E-state index in [9.17, 15) is 4.79 Å². The molecule has 0 aliphatic carbocycles. The van der Waals surface area contributed by atoms with Crippen molar-refractivity contribution in [3.05, 3.63) is 0 Å². The van der Waals surface area contributed by atoms with Crippen LogP contribution in [0.1, 0.15) is 19.3 Å². The van der Waals surface area contributed by atoms with Crippen LogP contribution in [0.3, 0.4) is 0 Å². The number of rotatable bonds is 3. The van der Waals surface area contributed by atoms with Gasteiger partial charge >= 0.3 is 5.97 Å². The summed E-state index contributed by atoms with van der Waals surface area (Å²) in [5.41, 5.74) is 0. The van der Waals surface area contributed by atoms with Crippen LogP contribution < -0.4 is 0 Å². The van der Waals surface area contributed by atoms with Crippen molar-refractivity contribution in [3.63, 3.8) is 0 Å². The van der Waals surface area contributed by atoms with Gasteiger partial charge in [0.1, 0.15) is 0 Å². The van der Waals surface area contributed by atoms with Gasteiger partial charge < -0.3 is 5.11 Å². The standard InChI is InChI=1S/C7H9BrO2/c8-6-4-2-1-3-5-7(9)10/h1,3,5-6H2,(H,9,10). The summed E-state index contributed by atoms with van der Waals surface area (Å²) >= 11 is 3.14. The van der Waals surface area contributed by atoms with E-state index in [0.29, 0.717) is 18.2 Å². The zero-order valence-electron chi connectivity index (χ0n) is 5.56. The predicted molar refractivity (Wildman–Crippen MR) is 43.1 cm³/mol. The number of carboxylic acids is 1. The number of hydrogen-bond acceptors (Lipinski definition) is 1. The van der Waals surface area contributed by atoms with Gasteiger partial charge in [-0.15, -0.1) is 5.92 Å². The molecule has 1 N–H and O–H groups in total. The second-order valence-electron chi connectivity index (χ2n) is 1.73. The van der Waals surface area contributed by atoms with E-state index >= 15 is 0 Å². The molecular weight excluding hydrogens is 196 g/mol. The molecule has 0 rings (SSSR count). The maximum Gasteiger partial charge on any atom is 0.303 e. The lowest BCUT2D eigenvalue weighted by Gasteiger charge is -1.86. The highest BCUT2D eigenvalue weighted by molar-refractivity contribution is 9.09. The Balaban J connectivity index is 3.13. The van der Waals surface area contributed by atoms with E-state index in [2.05, 4.69) is 27.8 Å². The summed E-state index contributed by atoms with van der Waals surface area (Å²) in [4.78, 5) is 9.97. The van der Waals surface area contributed by atoms with Crippen LogP contribution in [0.15, 0.2) is 0 Å². The molecule has 2 nitrogen and oxygen atoms in total. The first-order valence-corrected chi connectivity index (χ1v) is 4.13. The van der Waals surface area contributed by atoms with Crippen LogP contribution >= 0.6 is 15.9 Å². The SMILES string of the molecule is O=C(O)CCCC#CCBr. The molecule has 0 unspecified atom stereocenters. The van der Waals surface area contributed by atoms with Gasteiger partial charge in [0.15, 0.2) is 0 Å². The molecule has 0 aromatic rings. The Kier molecular flexibility index (Phi) is 6.30. The first kappa shape index (κ1) is 9.51. The number of hydrogen-bond donors (Lipinski definition) is 1. The molecule has 0 bridgehead atoms. The summed E-state index contributed by atoms with van der Waals surface area (Å²) in [6.07, 6.45) is 1.55. The van der Waals surface area contributed by atoms with Crippen molar-refractivity contribution in [1.29, 1.82) is 0 Å². The van der Waals surface area contributed by atoms with Gasteiger partial charge in [0, 0.05) is 12.8 Å². The fraction of sp³-hybridized carbons (Fsp3) is 0.571. The van der Waals surface area contributed by atoms with E-state index in [1.165, 1.54) is 0 Å². The van der Waals surface area contributed by atoms with Crippen molar-refractivity contribution in [2.75, 3.05) is 5.33 Å². The minimum absolute atomic E-state index is 0.219. The number of carboxylic acid groups (broad SMARTS) is 1. The molecule has 0 atom stereocenters. The molecule has 0 amide bonds. The van der Waals surface area contributed by atoms with E-state index in [4.69, 9.17) is 5.11 Å². The maximum absolute atomic E-state index is 9.97. The fourth-order valence-electron chi connectivity index (χ4n) is 0.464. The minimum Gasteiger partial charge on any atom is -0.481 e.